The number of hydrogen-bond acceptors (Lipinski definition) is 5. The van der Waals surface area contributed by atoms with Gasteiger partial charge in [-0.15, -0.1) is 0 Å². The molecule has 0 unspecified atom stereocenters. The van der Waals surface area contributed by atoms with E-state index in [0.29, 0.717) is 28.5 Å². The fourth-order valence-corrected chi connectivity index (χ4v) is 3.73. The zero-order valence-electron chi connectivity index (χ0n) is 16.6. The number of nitrogens with zero attached hydrogens (tertiary/aromatic N) is 4. The highest BCUT2D eigenvalue weighted by Crippen LogP contribution is 2.44. The highest BCUT2D eigenvalue weighted by molar-refractivity contribution is 6.13. The Balaban J connectivity index is 1.63. The summed E-state index contributed by atoms with van der Waals surface area (Å²) < 4.78 is 7.19. The van der Waals surface area contributed by atoms with Crippen LogP contribution in [0.25, 0.3) is 22.3 Å². The van der Waals surface area contributed by atoms with Gasteiger partial charge in [0.15, 0.2) is 11.4 Å². The normalized spacial score (nSPS) is 13.8. The van der Waals surface area contributed by atoms with Gasteiger partial charge in [-0.2, -0.15) is 5.10 Å². The number of aryl methyl sites for hydroxylation is 3. The Morgan fingerprint density at radius 2 is 1.93 bits per heavy atom. The van der Waals surface area contributed by atoms with Crippen molar-refractivity contribution in [2.45, 2.75) is 32.6 Å². The zero-order chi connectivity index (χ0) is 20.1. The molecule has 0 aliphatic heterocycles. The molecule has 3 aromatic heterocycles. The molecule has 7 heteroatoms. The lowest BCUT2D eigenvalue weighted by atomic mass is 10.0. The van der Waals surface area contributed by atoms with Crippen molar-refractivity contribution < 1.29 is 9.32 Å². The minimum atomic E-state index is -0.209. The van der Waals surface area contributed by atoms with Crippen molar-refractivity contribution in [1.29, 1.82) is 0 Å². The minimum absolute atomic E-state index is 0.209. The second kappa shape index (κ2) is 6.55. The first kappa shape index (κ1) is 17.6. The van der Waals surface area contributed by atoms with Crippen molar-refractivity contribution in [1.82, 2.24) is 19.9 Å². The molecule has 0 radical (unpaired) electrons. The van der Waals surface area contributed by atoms with Crippen molar-refractivity contribution in [2.24, 2.45) is 7.05 Å². The first-order valence-corrected chi connectivity index (χ1v) is 9.70. The van der Waals surface area contributed by atoms with Crippen LogP contribution in [0.15, 0.2) is 40.9 Å². The first-order chi connectivity index (χ1) is 14.0. The number of carbonyl (C=O) groups excluding carboxylic acids is 1. The molecule has 29 heavy (non-hydrogen) atoms. The number of aromatic nitrogens is 4. The lowest BCUT2D eigenvalue weighted by Gasteiger charge is -2.10. The van der Waals surface area contributed by atoms with Gasteiger partial charge in [-0.1, -0.05) is 35.5 Å². The molecular formula is C22H21N5O2. The summed E-state index contributed by atoms with van der Waals surface area (Å²) in [6.45, 7) is 3.74. The first-order valence-electron chi connectivity index (χ1n) is 9.70. The molecule has 0 bridgehead atoms. The topological polar surface area (TPSA) is 85.8 Å². The van der Waals surface area contributed by atoms with E-state index in [4.69, 9.17) is 9.51 Å². The van der Waals surface area contributed by atoms with Crippen LogP contribution in [-0.2, 0) is 7.05 Å². The number of pyridine rings is 1. The van der Waals surface area contributed by atoms with Crippen molar-refractivity contribution >= 4 is 22.6 Å². The summed E-state index contributed by atoms with van der Waals surface area (Å²) in [5, 5.41) is 12.3. The molecule has 0 saturated heterocycles. The number of rotatable bonds is 4. The SMILES string of the molecule is Cc1noc(C2CC2)c1NC(=O)c1cc(-c2ccccc2)nc2c1c(C)nn2C. The third-order valence-corrected chi connectivity index (χ3v) is 5.36. The molecule has 1 amide bonds. The van der Waals surface area contributed by atoms with Gasteiger partial charge in [0.2, 0.25) is 0 Å². The predicted molar refractivity (Wildman–Crippen MR) is 110 cm³/mol. The number of nitrogens with one attached hydrogen (secondary N) is 1. The summed E-state index contributed by atoms with van der Waals surface area (Å²) in [7, 11) is 1.84. The number of fused-ring (bicyclic) bond motifs is 1. The molecule has 0 spiro atoms. The van der Waals surface area contributed by atoms with Crippen molar-refractivity contribution in [3.63, 3.8) is 0 Å². The number of carbonyl (C=O) groups is 1. The van der Waals surface area contributed by atoms with Crippen LogP contribution in [0.5, 0.6) is 0 Å². The van der Waals surface area contributed by atoms with Crippen LogP contribution in [0.2, 0.25) is 0 Å². The van der Waals surface area contributed by atoms with Crippen LogP contribution >= 0.6 is 0 Å². The quantitative estimate of drug-likeness (QED) is 0.562. The molecule has 1 fully saturated rings. The van der Waals surface area contributed by atoms with Gasteiger partial charge in [0.05, 0.1) is 22.3 Å². The number of hydrogen-bond donors (Lipinski definition) is 1. The Morgan fingerprint density at radius 3 is 2.66 bits per heavy atom. The van der Waals surface area contributed by atoms with Gasteiger partial charge in [0.25, 0.3) is 5.91 Å². The van der Waals surface area contributed by atoms with E-state index in [1.807, 2.05) is 57.3 Å². The maximum Gasteiger partial charge on any atom is 0.256 e. The number of anilines is 1. The van der Waals surface area contributed by atoms with E-state index < -0.39 is 0 Å². The monoisotopic (exact) mass is 387 g/mol. The standard InChI is InChI=1S/C22H21N5O2/c1-12-18-16(22(28)24-19-13(2)26-29-20(19)15-9-10-15)11-17(14-7-5-4-6-8-14)23-21(18)27(3)25-12/h4-8,11,15H,9-10H2,1-3H3,(H,24,28). The summed E-state index contributed by atoms with van der Waals surface area (Å²) in [6.07, 6.45) is 2.13. The molecular weight excluding hydrogens is 366 g/mol. The van der Waals surface area contributed by atoms with Gasteiger partial charge in [-0.25, -0.2) is 4.98 Å². The average molecular weight is 387 g/mol. The smallest absolute Gasteiger partial charge is 0.256 e. The fourth-order valence-electron chi connectivity index (χ4n) is 3.73. The average Bonchev–Trinajstić information content (AvgIpc) is 3.45. The number of benzene rings is 1. The molecule has 4 aromatic rings. The molecule has 1 N–H and O–H groups in total. The van der Waals surface area contributed by atoms with E-state index in [1.165, 1.54) is 0 Å². The maximum atomic E-state index is 13.4. The Labute approximate surface area is 167 Å². The van der Waals surface area contributed by atoms with Gasteiger partial charge in [0.1, 0.15) is 11.4 Å². The second-order valence-electron chi connectivity index (χ2n) is 7.56. The van der Waals surface area contributed by atoms with Crippen LogP contribution in [0.3, 0.4) is 0 Å². The Bertz CT molecular complexity index is 1240. The van der Waals surface area contributed by atoms with E-state index in [9.17, 15) is 4.79 Å². The third-order valence-electron chi connectivity index (χ3n) is 5.36. The van der Waals surface area contributed by atoms with Crippen molar-refractivity contribution in [3.8, 4) is 11.3 Å². The van der Waals surface area contributed by atoms with Crippen LogP contribution in [-0.4, -0.2) is 25.8 Å². The van der Waals surface area contributed by atoms with E-state index in [-0.39, 0.29) is 5.91 Å². The van der Waals surface area contributed by atoms with E-state index in [0.717, 1.165) is 40.9 Å². The Hall–Kier alpha value is -3.48. The van der Waals surface area contributed by atoms with Gasteiger partial charge >= 0.3 is 0 Å². The molecule has 1 saturated carbocycles. The number of amides is 1. The molecule has 1 aliphatic carbocycles. The zero-order valence-corrected chi connectivity index (χ0v) is 16.6. The van der Waals surface area contributed by atoms with E-state index in [1.54, 1.807) is 4.68 Å². The maximum absolute atomic E-state index is 13.4. The summed E-state index contributed by atoms with van der Waals surface area (Å²) in [5.41, 5.74) is 5.05. The van der Waals surface area contributed by atoms with Crippen molar-refractivity contribution in [3.05, 3.63) is 59.1 Å². The van der Waals surface area contributed by atoms with Crippen LogP contribution in [0.1, 0.15) is 46.3 Å². The fraction of sp³-hybridized carbons (Fsp3) is 0.273. The van der Waals surface area contributed by atoms with E-state index in [2.05, 4.69) is 15.6 Å². The Kier molecular flexibility index (Phi) is 3.97. The van der Waals surface area contributed by atoms with Crippen molar-refractivity contribution in [2.75, 3.05) is 5.32 Å². The molecule has 5 rings (SSSR count). The molecule has 0 atom stereocenters. The third kappa shape index (κ3) is 2.99. The molecule has 146 valence electrons. The Morgan fingerprint density at radius 1 is 1.17 bits per heavy atom. The van der Waals surface area contributed by atoms with Gasteiger partial charge < -0.3 is 9.84 Å². The highest BCUT2D eigenvalue weighted by atomic mass is 16.5. The van der Waals surface area contributed by atoms with E-state index >= 15 is 0 Å². The summed E-state index contributed by atoms with van der Waals surface area (Å²) in [5.74, 6) is 0.912. The van der Waals surface area contributed by atoms with Gasteiger partial charge in [0, 0.05) is 18.5 Å². The predicted octanol–water partition coefficient (Wildman–Crippen LogP) is 4.37. The lowest BCUT2D eigenvalue weighted by Crippen LogP contribution is -2.14. The molecule has 1 aliphatic rings. The summed E-state index contributed by atoms with van der Waals surface area (Å²) in [4.78, 5) is 18.1. The summed E-state index contributed by atoms with van der Waals surface area (Å²) in [6, 6.07) is 11.7. The highest BCUT2D eigenvalue weighted by Gasteiger charge is 2.32. The minimum Gasteiger partial charge on any atom is -0.359 e. The van der Waals surface area contributed by atoms with Crippen LogP contribution < -0.4 is 5.32 Å². The van der Waals surface area contributed by atoms with Crippen LogP contribution in [0.4, 0.5) is 5.69 Å². The van der Waals surface area contributed by atoms with Gasteiger partial charge in [-0.05, 0) is 32.8 Å². The lowest BCUT2D eigenvalue weighted by molar-refractivity contribution is 0.102. The molecule has 7 nitrogen and oxygen atoms in total. The molecule has 1 aromatic carbocycles. The molecule has 3 heterocycles. The largest absolute Gasteiger partial charge is 0.359 e. The van der Waals surface area contributed by atoms with Gasteiger partial charge in [-0.3, -0.25) is 9.48 Å². The van der Waals surface area contributed by atoms with Crippen LogP contribution in [0, 0.1) is 13.8 Å². The summed E-state index contributed by atoms with van der Waals surface area (Å²) >= 11 is 0. The second-order valence-corrected chi connectivity index (χ2v) is 7.56.